The van der Waals surface area contributed by atoms with Crippen molar-refractivity contribution < 1.29 is 4.74 Å². The summed E-state index contributed by atoms with van der Waals surface area (Å²) < 4.78 is 6.27. The van der Waals surface area contributed by atoms with Gasteiger partial charge in [-0.1, -0.05) is 6.42 Å². The summed E-state index contributed by atoms with van der Waals surface area (Å²) in [4.78, 5) is 6.37. The predicted octanol–water partition coefficient (Wildman–Crippen LogP) is 4.24. The first-order valence-corrected chi connectivity index (χ1v) is 8.46. The Morgan fingerprint density at radius 1 is 1.20 bits per heavy atom. The van der Waals surface area contributed by atoms with Crippen molar-refractivity contribution in [2.75, 3.05) is 7.11 Å². The van der Waals surface area contributed by atoms with Gasteiger partial charge in [-0.05, 0) is 74.9 Å². The number of methoxy groups -OCH3 is 1. The highest BCUT2D eigenvalue weighted by Gasteiger charge is 2.35. The number of aromatic amines is 2. The Kier molecular flexibility index (Phi) is 4.61. The maximum Gasteiger partial charge on any atom is 0.174 e. The maximum atomic E-state index is 5.51. The van der Waals surface area contributed by atoms with Crippen LogP contribution in [-0.2, 0) is 11.2 Å². The van der Waals surface area contributed by atoms with Gasteiger partial charge >= 0.3 is 0 Å². The van der Waals surface area contributed by atoms with Gasteiger partial charge in [0.15, 0.2) is 4.77 Å². The topological polar surface area (TPSA) is 40.8 Å². The summed E-state index contributed by atoms with van der Waals surface area (Å²) in [5.74, 6) is 2.70. The van der Waals surface area contributed by atoms with Crippen LogP contribution in [0, 0.1) is 22.5 Å². The van der Waals surface area contributed by atoms with E-state index in [9.17, 15) is 0 Å². The van der Waals surface area contributed by atoms with Crippen LogP contribution >= 0.6 is 12.2 Å². The van der Waals surface area contributed by atoms with E-state index >= 15 is 0 Å². The highest BCUT2D eigenvalue weighted by molar-refractivity contribution is 7.71. The second kappa shape index (κ2) is 6.44. The third-order valence-electron chi connectivity index (χ3n) is 5.51. The summed E-state index contributed by atoms with van der Waals surface area (Å²) >= 11 is 5.13. The van der Waals surface area contributed by atoms with E-state index in [1.165, 1.54) is 57.1 Å². The molecule has 4 heteroatoms. The zero-order valence-corrected chi connectivity index (χ0v) is 13.2. The van der Waals surface area contributed by atoms with Crippen LogP contribution in [0.5, 0.6) is 0 Å². The molecule has 1 aromatic rings. The van der Waals surface area contributed by atoms with Crippen LogP contribution in [0.4, 0.5) is 0 Å². The van der Waals surface area contributed by atoms with Crippen molar-refractivity contribution in [1.82, 2.24) is 9.97 Å². The smallest absolute Gasteiger partial charge is 0.174 e. The van der Waals surface area contributed by atoms with Crippen LogP contribution in [0.15, 0.2) is 6.20 Å². The number of aromatic nitrogens is 2. The van der Waals surface area contributed by atoms with Gasteiger partial charge in [-0.2, -0.15) is 0 Å². The molecule has 0 spiro atoms. The lowest BCUT2D eigenvalue weighted by Gasteiger charge is -2.34. The summed E-state index contributed by atoms with van der Waals surface area (Å²) in [6.07, 6.45) is 13.2. The van der Waals surface area contributed by atoms with E-state index in [0.29, 0.717) is 6.10 Å². The van der Waals surface area contributed by atoms with Crippen LogP contribution < -0.4 is 0 Å². The van der Waals surface area contributed by atoms with E-state index in [-0.39, 0.29) is 0 Å². The number of nitrogens with one attached hydrogen (secondary N) is 2. The molecule has 20 heavy (non-hydrogen) atoms. The van der Waals surface area contributed by atoms with Gasteiger partial charge in [0, 0.05) is 19.0 Å². The molecule has 3 nitrogen and oxygen atoms in total. The third-order valence-corrected chi connectivity index (χ3v) is 5.73. The third kappa shape index (κ3) is 3.17. The summed E-state index contributed by atoms with van der Waals surface area (Å²) in [5.41, 5.74) is 1.29. The fourth-order valence-electron chi connectivity index (χ4n) is 4.46. The van der Waals surface area contributed by atoms with Crippen molar-refractivity contribution in [3.8, 4) is 0 Å². The molecule has 0 bridgehead atoms. The molecule has 0 saturated heterocycles. The Labute approximate surface area is 126 Å². The number of H-pyrrole nitrogens is 2. The van der Waals surface area contributed by atoms with Crippen LogP contribution in [-0.4, -0.2) is 23.2 Å². The number of hydrogen-bond acceptors (Lipinski definition) is 2. The molecule has 0 aromatic carbocycles. The molecule has 0 aliphatic heterocycles. The Morgan fingerprint density at radius 2 is 2.00 bits per heavy atom. The first-order valence-electron chi connectivity index (χ1n) is 8.05. The summed E-state index contributed by atoms with van der Waals surface area (Å²) in [6.45, 7) is 0. The van der Waals surface area contributed by atoms with Crippen molar-refractivity contribution >= 4 is 12.2 Å². The normalized spacial score (nSPS) is 34.5. The van der Waals surface area contributed by atoms with E-state index in [1.807, 2.05) is 7.11 Å². The number of ether oxygens (including phenoxy) is 1. The fourth-order valence-corrected chi connectivity index (χ4v) is 4.65. The minimum atomic E-state index is 0.520. The molecule has 0 radical (unpaired) electrons. The SMILES string of the molecule is COC1CCC(C2CCCC2Cc2c[nH]c(=S)[nH]2)CC1. The minimum Gasteiger partial charge on any atom is -0.381 e. The van der Waals surface area contributed by atoms with E-state index in [2.05, 4.69) is 16.2 Å². The number of rotatable bonds is 4. The Morgan fingerprint density at radius 3 is 2.65 bits per heavy atom. The number of hydrogen-bond donors (Lipinski definition) is 2. The van der Waals surface area contributed by atoms with Gasteiger partial charge in [0.2, 0.25) is 0 Å². The molecule has 2 atom stereocenters. The predicted molar refractivity (Wildman–Crippen MR) is 83.3 cm³/mol. The average Bonchev–Trinajstić information content (AvgIpc) is 3.09. The first-order chi connectivity index (χ1) is 9.76. The second-order valence-electron chi connectivity index (χ2n) is 6.60. The zero-order chi connectivity index (χ0) is 13.9. The minimum absolute atomic E-state index is 0.520. The molecular formula is C16H26N2OS. The van der Waals surface area contributed by atoms with E-state index in [4.69, 9.17) is 17.0 Å². The van der Waals surface area contributed by atoms with Gasteiger partial charge in [-0.3, -0.25) is 0 Å². The van der Waals surface area contributed by atoms with E-state index < -0.39 is 0 Å². The zero-order valence-electron chi connectivity index (χ0n) is 12.4. The lowest BCUT2D eigenvalue weighted by atomic mass is 9.74. The molecule has 1 heterocycles. The van der Waals surface area contributed by atoms with Crippen molar-refractivity contribution in [2.24, 2.45) is 17.8 Å². The summed E-state index contributed by atoms with van der Waals surface area (Å²) in [6, 6.07) is 0. The van der Waals surface area contributed by atoms with Gasteiger partial charge in [0.1, 0.15) is 0 Å². The largest absolute Gasteiger partial charge is 0.381 e. The van der Waals surface area contributed by atoms with Crippen LogP contribution in [0.1, 0.15) is 50.6 Å². The van der Waals surface area contributed by atoms with Gasteiger partial charge in [0.25, 0.3) is 0 Å². The monoisotopic (exact) mass is 294 g/mol. The lowest BCUT2D eigenvalue weighted by molar-refractivity contribution is 0.0417. The lowest BCUT2D eigenvalue weighted by Crippen LogP contribution is -2.28. The molecule has 0 amide bonds. The van der Waals surface area contributed by atoms with Gasteiger partial charge in [-0.15, -0.1) is 0 Å². The maximum absolute atomic E-state index is 5.51. The standard InChI is InChI=1S/C16H26N2OS/c1-19-14-7-5-11(6-8-14)15-4-2-3-12(15)9-13-10-17-16(20)18-13/h10-12,14-15H,2-9H2,1H3,(H2,17,18,20). The Balaban J connectivity index is 1.59. The highest BCUT2D eigenvalue weighted by Crippen LogP contribution is 2.44. The molecule has 2 unspecified atom stereocenters. The molecule has 2 saturated carbocycles. The van der Waals surface area contributed by atoms with Crippen LogP contribution in [0.25, 0.3) is 0 Å². The van der Waals surface area contributed by atoms with Crippen molar-refractivity contribution in [3.63, 3.8) is 0 Å². The van der Waals surface area contributed by atoms with Gasteiger partial charge in [0.05, 0.1) is 6.10 Å². The van der Waals surface area contributed by atoms with Gasteiger partial charge < -0.3 is 14.7 Å². The summed E-state index contributed by atoms with van der Waals surface area (Å²) in [5, 5.41) is 0. The number of imidazole rings is 1. The average molecular weight is 294 g/mol. The van der Waals surface area contributed by atoms with Crippen molar-refractivity contribution in [3.05, 3.63) is 16.7 Å². The van der Waals surface area contributed by atoms with Crippen molar-refractivity contribution in [1.29, 1.82) is 0 Å². The van der Waals surface area contributed by atoms with Gasteiger partial charge in [-0.25, -0.2) is 0 Å². The quantitative estimate of drug-likeness (QED) is 0.816. The summed E-state index contributed by atoms with van der Waals surface area (Å²) in [7, 11) is 1.86. The Hall–Kier alpha value is -0.610. The Bertz CT molecular complexity index is 473. The molecule has 2 N–H and O–H groups in total. The van der Waals surface area contributed by atoms with Crippen molar-refractivity contribution in [2.45, 2.75) is 57.5 Å². The molecule has 2 fully saturated rings. The molecule has 1 aromatic heterocycles. The highest BCUT2D eigenvalue weighted by atomic mass is 32.1. The second-order valence-corrected chi connectivity index (χ2v) is 7.01. The van der Waals surface area contributed by atoms with Crippen LogP contribution in [0.3, 0.4) is 0 Å². The molecule has 2 aliphatic carbocycles. The first kappa shape index (κ1) is 14.3. The van der Waals surface area contributed by atoms with E-state index in [1.54, 1.807) is 0 Å². The molecule has 3 rings (SSSR count). The fraction of sp³-hybridized carbons (Fsp3) is 0.812. The molecular weight excluding hydrogens is 268 g/mol. The molecule has 112 valence electrons. The molecule has 2 aliphatic rings. The van der Waals surface area contributed by atoms with E-state index in [0.717, 1.165) is 22.5 Å². The van der Waals surface area contributed by atoms with Crippen LogP contribution in [0.2, 0.25) is 0 Å².